The molecule has 0 fully saturated rings. The summed E-state index contributed by atoms with van der Waals surface area (Å²) in [4.78, 5) is 2.20. The third-order valence-corrected chi connectivity index (χ3v) is 3.33. The Morgan fingerprint density at radius 2 is 1.85 bits per heavy atom. The highest BCUT2D eigenvalue weighted by Crippen LogP contribution is 2.10. The topological polar surface area (TPSA) is 33.1 Å². The van der Waals surface area contributed by atoms with E-state index in [0.29, 0.717) is 0 Å². The molecule has 0 unspecified atom stereocenters. The molecular weight excluding hydrogens is 248 g/mol. The quantitative estimate of drug-likeness (QED) is 0.839. The van der Waals surface area contributed by atoms with Crippen LogP contribution in [0.2, 0.25) is 0 Å². The molecule has 0 aliphatic heterocycles. The zero-order valence-electron chi connectivity index (χ0n) is 12.6. The molecule has 20 heavy (non-hydrogen) atoms. The van der Waals surface area contributed by atoms with Gasteiger partial charge in [0.1, 0.15) is 0 Å². The second-order valence-corrected chi connectivity index (χ2v) is 5.25. The summed E-state index contributed by atoms with van der Waals surface area (Å²) >= 11 is 0. The molecule has 1 aromatic heterocycles. The molecule has 108 valence electrons. The number of nitrogens with zero attached hydrogens (tertiary/aromatic N) is 3. The third-order valence-electron chi connectivity index (χ3n) is 3.33. The van der Waals surface area contributed by atoms with Crippen LogP contribution in [0.5, 0.6) is 0 Å². The van der Waals surface area contributed by atoms with Crippen molar-refractivity contribution in [2.45, 2.75) is 33.1 Å². The van der Waals surface area contributed by atoms with Crippen molar-refractivity contribution in [1.82, 2.24) is 20.0 Å². The second-order valence-electron chi connectivity index (χ2n) is 5.25. The Hall–Kier alpha value is -1.65. The zero-order valence-corrected chi connectivity index (χ0v) is 12.6. The summed E-state index contributed by atoms with van der Waals surface area (Å²) in [6, 6.07) is 10.7. The minimum Gasteiger partial charge on any atom is -0.307 e. The molecule has 0 bridgehead atoms. The summed E-state index contributed by atoms with van der Waals surface area (Å²) in [7, 11) is 4.20. The molecule has 2 aromatic rings. The summed E-state index contributed by atoms with van der Waals surface area (Å²) in [5.41, 5.74) is 3.98. The van der Waals surface area contributed by atoms with Crippen molar-refractivity contribution in [2.75, 3.05) is 14.1 Å². The Kier molecular flexibility index (Phi) is 5.32. The number of hydrogen-bond acceptors (Lipinski definition) is 3. The number of rotatable bonds is 7. The molecule has 0 saturated heterocycles. The van der Waals surface area contributed by atoms with Crippen LogP contribution >= 0.6 is 0 Å². The minimum absolute atomic E-state index is 0.851. The molecule has 0 atom stereocenters. The Balaban J connectivity index is 1.94. The lowest BCUT2D eigenvalue weighted by atomic mass is 10.1. The molecule has 0 saturated carbocycles. The van der Waals surface area contributed by atoms with Gasteiger partial charge in [0.05, 0.1) is 5.69 Å². The van der Waals surface area contributed by atoms with Gasteiger partial charge in [0.15, 0.2) is 0 Å². The standard InChI is InChI=1S/C16H24N4/c1-4-20-16(9-10-18-20)12-17-11-14-7-5-6-8-15(14)13-19(2)3/h5-10,17H,4,11-13H2,1-3H3. The minimum atomic E-state index is 0.851. The number of benzene rings is 1. The molecule has 0 aliphatic carbocycles. The third kappa shape index (κ3) is 3.92. The van der Waals surface area contributed by atoms with Crippen LogP contribution in [0, 0.1) is 0 Å². The molecule has 0 aliphatic rings. The normalized spacial score (nSPS) is 11.2. The predicted molar refractivity (Wildman–Crippen MR) is 82.3 cm³/mol. The van der Waals surface area contributed by atoms with E-state index in [2.05, 4.69) is 66.7 Å². The van der Waals surface area contributed by atoms with Crippen LogP contribution in [-0.2, 0) is 26.2 Å². The first kappa shape index (κ1) is 14.8. The van der Waals surface area contributed by atoms with Gasteiger partial charge in [0.2, 0.25) is 0 Å². The van der Waals surface area contributed by atoms with Crippen LogP contribution in [-0.4, -0.2) is 28.8 Å². The van der Waals surface area contributed by atoms with E-state index >= 15 is 0 Å². The highest BCUT2D eigenvalue weighted by molar-refractivity contribution is 5.27. The first-order chi connectivity index (χ1) is 9.70. The molecule has 0 spiro atoms. The maximum Gasteiger partial charge on any atom is 0.0522 e. The monoisotopic (exact) mass is 272 g/mol. The van der Waals surface area contributed by atoms with Crippen LogP contribution < -0.4 is 5.32 Å². The smallest absolute Gasteiger partial charge is 0.0522 e. The van der Waals surface area contributed by atoms with E-state index in [1.165, 1.54) is 16.8 Å². The molecular formula is C16H24N4. The van der Waals surface area contributed by atoms with Gasteiger partial charge in [-0.25, -0.2) is 0 Å². The molecule has 4 heteroatoms. The van der Waals surface area contributed by atoms with Crippen LogP contribution in [0.3, 0.4) is 0 Å². The van der Waals surface area contributed by atoms with Gasteiger partial charge in [-0.15, -0.1) is 0 Å². The van der Waals surface area contributed by atoms with E-state index in [-0.39, 0.29) is 0 Å². The lowest BCUT2D eigenvalue weighted by molar-refractivity contribution is 0.400. The lowest BCUT2D eigenvalue weighted by Gasteiger charge is -2.14. The van der Waals surface area contributed by atoms with Crippen LogP contribution in [0.4, 0.5) is 0 Å². The fourth-order valence-electron chi connectivity index (χ4n) is 2.35. The molecule has 0 amide bonds. The summed E-state index contributed by atoms with van der Waals surface area (Å²) < 4.78 is 2.03. The Morgan fingerprint density at radius 3 is 2.55 bits per heavy atom. The Labute approximate surface area is 121 Å². The molecule has 1 heterocycles. The fourth-order valence-corrected chi connectivity index (χ4v) is 2.35. The largest absolute Gasteiger partial charge is 0.307 e. The molecule has 2 rings (SSSR count). The van der Waals surface area contributed by atoms with E-state index < -0.39 is 0 Å². The summed E-state index contributed by atoms with van der Waals surface area (Å²) in [5.74, 6) is 0. The maximum absolute atomic E-state index is 4.29. The molecule has 0 radical (unpaired) electrons. The van der Waals surface area contributed by atoms with Crippen molar-refractivity contribution in [3.63, 3.8) is 0 Å². The first-order valence-corrected chi connectivity index (χ1v) is 7.13. The highest BCUT2D eigenvalue weighted by atomic mass is 15.3. The van der Waals surface area contributed by atoms with Gasteiger partial charge in [-0.2, -0.15) is 5.10 Å². The van der Waals surface area contributed by atoms with Gasteiger partial charge in [-0.1, -0.05) is 24.3 Å². The Bertz CT molecular complexity index is 531. The van der Waals surface area contributed by atoms with Crippen LogP contribution in [0.1, 0.15) is 23.7 Å². The van der Waals surface area contributed by atoms with Gasteiger partial charge in [-0.05, 0) is 38.2 Å². The van der Waals surface area contributed by atoms with Crippen molar-refractivity contribution >= 4 is 0 Å². The SMILES string of the molecule is CCn1nccc1CNCc1ccccc1CN(C)C. The molecule has 1 aromatic carbocycles. The van der Waals surface area contributed by atoms with Gasteiger partial charge in [-0.3, -0.25) is 4.68 Å². The van der Waals surface area contributed by atoms with E-state index in [0.717, 1.165) is 26.2 Å². The summed E-state index contributed by atoms with van der Waals surface area (Å²) in [6.45, 7) is 5.75. The van der Waals surface area contributed by atoms with Crippen molar-refractivity contribution in [2.24, 2.45) is 0 Å². The maximum atomic E-state index is 4.29. The van der Waals surface area contributed by atoms with Crippen molar-refractivity contribution < 1.29 is 0 Å². The van der Waals surface area contributed by atoms with Crippen molar-refractivity contribution in [1.29, 1.82) is 0 Å². The van der Waals surface area contributed by atoms with E-state index in [4.69, 9.17) is 0 Å². The number of aromatic nitrogens is 2. The summed E-state index contributed by atoms with van der Waals surface area (Å²) in [6.07, 6.45) is 1.86. The zero-order chi connectivity index (χ0) is 14.4. The first-order valence-electron chi connectivity index (χ1n) is 7.13. The number of aryl methyl sites for hydroxylation is 1. The van der Waals surface area contributed by atoms with Gasteiger partial charge in [0, 0.05) is 32.4 Å². The van der Waals surface area contributed by atoms with Crippen LogP contribution in [0.25, 0.3) is 0 Å². The van der Waals surface area contributed by atoms with Gasteiger partial charge in [0.25, 0.3) is 0 Å². The van der Waals surface area contributed by atoms with E-state index in [1.54, 1.807) is 0 Å². The van der Waals surface area contributed by atoms with Gasteiger partial charge >= 0.3 is 0 Å². The number of nitrogens with one attached hydrogen (secondary N) is 1. The summed E-state index contributed by atoms with van der Waals surface area (Å²) in [5, 5.41) is 7.80. The molecule has 1 N–H and O–H groups in total. The predicted octanol–water partition coefficient (Wildman–Crippen LogP) is 2.25. The van der Waals surface area contributed by atoms with Crippen LogP contribution in [0.15, 0.2) is 36.5 Å². The fraction of sp³-hybridized carbons (Fsp3) is 0.438. The number of hydrogen-bond donors (Lipinski definition) is 1. The highest BCUT2D eigenvalue weighted by Gasteiger charge is 2.04. The Morgan fingerprint density at radius 1 is 1.10 bits per heavy atom. The van der Waals surface area contributed by atoms with Crippen molar-refractivity contribution in [3.8, 4) is 0 Å². The second kappa shape index (κ2) is 7.22. The van der Waals surface area contributed by atoms with Crippen molar-refractivity contribution in [3.05, 3.63) is 53.3 Å². The van der Waals surface area contributed by atoms with Gasteiger partial charge < -0.3 is 10.2 Å². The average molecular weight is 272 g/mol. The van der Waals surface area contributed by atoms with E-state index in [1.807, 2.05) is 10.9 Å². The molecule has 4 nitrogen and oxygen atoms in total. The average Bonchev–Trinajstić information content (AvgIpc) is 2.87. The van der Waals surface area contributed by atoms with E-state index in [9.17, 15) is 0 Å². The lowest BCUT2D eigenvalue weighted by Crippen LogP contribution is -2.18.